The number of hydrogen-bond acceptors (Lipinski definition) is 4. The van der Waals surface area contributed by atoms with Gasteiger partial charge >= 0.3 is 12.1 Å². The van der Waals surface area contributed by atoms with Gasteiger partial charge in [-0.2, -0.15) is 13.2 Å². The Morgan fingerprint density at radius 1 is 1.18 bits per heavy atom. The van der Waals surface area contributed by atoms with E-state index in [1.165, 1.54) is 23.5 Å². The lowest BCUT2D eigenvalue weighted by atomic mass is 9.92. The molecule has 0 saturated carbocycles. The van der Waals surface area contributed by atoms with E-state index in [1.807, 2.05) is 24.3 Å². The molecule has 2 heterocycles. The minimum absolute atomic E-state index is 0.0976. The van der Waals surface area contributed by atoms with Crippen molar-refractivity contribution in [1.82, 2.24) is 9.55 Å². The number of fused-ring (bicyclic) bond motifs is 2. The predicted molar refractivity (Wildman–Crippen MR) is 123 cm³/mol. The molecule has 0 radical (unpaired) electrons. The zero-order valence-corrected chi connectivity index (χ0v) is 18.8. The summed E-state index contributed by atoms with van der Waals surface area (Å²) in [6.45, 7) is 0.351. The third-order valence-corrected chi connectivity index (χ3v) is 7.21. The number of nitrogens with zero attached hydrogens (tertiary/aromatic N) is 2. The van der Waals surface area contributed by atoms with Gasteiger partial charge in [-0.25, -0.2) is 4.98 Å². The highest BCUT2D eigenvalue weighted by Gasteiger charge is 2.30. The maximum absolute atomic E-state index is 12.9. The largest absolute Gasteiger partial charge is 0.493 e. The van der Waals surface area contributed by atoms with Crippen molar-refractivity contribution in [3.63, 3.8) is 0 Å². The van der Waals surface area contributed by atoms with Gasteiger partial charge in [0.05, 0.1) is 17.9 Å². The van der Waals surface area contributed by atoms with Crippen molar-refractivity contribution < 1.29 is 27.8 Å². The molecule has 2 aromatic carbocycles. The summed E-state index contributed by atoms with van der Waals surface area (Å²) in [4.78, 5) is 17.0. The summed E-state index contributed by atoms with van der Waals surface area (Å²) in [5.74, 6) is -0.0914. The van der Waals surface area contributed by atoms with E-state index in [0.29, 0.717) is 17.9 Å². The number of aromatic nitrogens is 2. The molecule has 1 aliphatic carbocycles. The number of hydrogen-bond donors (Lipinski definition) is 1. The molecule has 0 spiro atoms. The van der Waals surface area contributed by atoms with Gasteiger partial charge in [0, 0.05) is 33.5 Å². The fourth-order valence-corrected chi connectivity index (χ4v) is 5.54. The second kappa shape index (κ2) is 8.79. The van der Waals surface area contributed by atoms with Gasteiger partial charge in [-0.1, -0.05) is 12.1 Å². The molecule has 0 amide bonds. The van der Waals surface area contributed by atoms with Gasteiger partial charge in [-0.15, -0.1) is 11.3 Å². The minimum atomic E-state index is -4.36. The topological polar surface area (TPSA) is 64.3 Å². The average Bonchev–Trinajstić information content (AvgIpc) is 3.41. The van der Waals surface area contributed by atoms with Crippen molar-refractivity contribution in [3.05, 3.63) is 70.9 Å². The Bertz CT molecular complexity index is 1340. The van der Waals surface area contributed by atoms with Gasteiger partial charge in [0.25, 0.3) is 0 Å². The quantitative estimate of drug-likeness (QED) is 0.344. The Balaban J connectivity index is 1.31. The van der Waals surface area contributed by atoms with E-state index >= 15 is 0 Å². The summed E-state index contributed by atoms with van der Waals surface area (Å²) in [5.41, 5.74) is 1.82. The van der Waals surface area contributed by atoms with Crippen LogP contribution in [0.25, 0.3) is 21.5 Å². The Labute approximate surface area is 197 Å². The van der Waals surface area contributed by atoms with E-state index in [1.54, 1.807) is 10.8 Å². The van der Waals surface area contributed by atoms with Crippen LogP contribution in [0.3, 0.4) is 0 Å². The number of carboxylic acid groups (broad SMARTS) is 1. The van der Waals surface area contributed by atoms with Gasteiger partial charge in [0.15, 0.2) is 0 Å². The standard InChI is InChI=1S/C25H21F3N2O3S/c26-25(27,28)18-6-4-15(5-7-18)24-29-23-17(2-1-3-21(23)34-24)14-33-19-8-9-20-16(12-19)10-11-30(20)13-22(31)32/h4-12,17H,1-3,13-14H2,(H,31,32)/t17-/m1/s1. The van der Waals surface area contributed by atoms with Crippen LogP contribution in [0.2, 0.25) is 0 Å². The Hall–Kier alpha value is -3.33. The minimum Gasteiger partial charge on any atom is -0.493 e. The number of ether oxygens (including phenoxy) is 1. The van der Waals surface area contributed by atoms with Gasteiger partial charge in [0.1, 0.15) is 17.3 Å². The molecule has 9 heteroatoms. The number of halogens is 3. The summed E-state index contributed by atoms with van der Waals surface area (Å²) in [7, 11) is 0. The smallest absolute Gasteiger partial charge is 0.416 e. The number of carbonyl (C=O) groups is 1. The highest BCUT2D eigenvalue weighted by Crippen LogP contribution is 2.39. The van der Waals surface area contributed by atoms with Crippen LogP contribution < -0.4 is 4.74 Å². The number of alkyl halides is 3. The molecule has 176 valence electrons. The van der Waals surface area contributed by atoms with E-state index in [4.69, 9.17) is 14.8 Å². The van der Waals surface area contributed by atoms with Gasteiger partial charge < -0.3 is 14.4 Å². The molecule has 0 saturated heterocycles. The molecule has 0 unspecified atom stereocenters. The van der Waals surface area contributed by atoms with Crippen LogP contribution in [0, 0.1) is 0 Å². The molecule has 0 aliphatic heterocycles. The molecular formula is C25H21F3N2O3S. The summed E-state index contributed by atoms with van der Waals surface area (Å²) in [6.07, 6.45) is 0.235. The van der Waals surface area contributed by atoms with Crippen LogP contribution in [-0.2, 0) is 23.9 Å². The van der Waals surface area contributed by atoms with E-state index in [-0.39, 0.29) is 12.5 Å². The molecule has 1 atom stereocenters. The van der Waals surface area contributed by atoms with Crippen LogP contribution in [0.1, 0.15) is 34.9 Å². The second-order valence-electron chi connectivity index (χ2n) is 8.36. The Morgan fingerprint density at radius 2 is 1.97 bits per heavy atom. The van der Waals surface area contributed by atoms with E-state index in [0.717, 1.165) is 57.9 Å². The van der Waals surface area contributed by atoms with Crippen molar-refractivity contribution in [2.24, 2.45) is 0 Å². The van der Waals surface area contributed by atoms with Crippen molar-refractivity contribution in [2.45, 2.75) is 37.9 Å². The third-order valence-electron chi connectivity index (χ3n) is 6.03. The van der Waals surface area contributed by atoms with E-state index in [9.17, 15) is 18.0 Å². The molecule has 0 fully saturated rings. The van der Waals surface area contributed by atoms with Crippen LogP contribution in [0.4, 0.5) is 13.2 Å². The van der Waals surface area contributed by atoms with E-state index < -0.39 is 17.7 Å². The van der Waals surface area contributed by atoms with Crippen molar-refractivity contribution in [3.8, 4) is 16.3 Å². The fraction of sp³-hybridized carbons (Fsp3) is 0.280. The van der Waals surface area contributed by atoms with Gasteiger partial charge in [-0.3, -0.25) is 4.79 Å². The number of rotatable bonds is 6. The zero-order chi connectivity index (χ0) is 23.9. The summed E-state index contributed by atoms with van der Waals surface area (Å²) in [6, 6.07) is 12.6. The number of thiazole rings is 1. The normalized spacial score (nSPS) is 15.9. The molecule has 5 nitrogen and oxygen atoms in total. The summed E-state index contributed by atoms with van der Waals surface area (Å²) in [5, 5.41) is 10.7. The molecule has 0 bridgehead atoms. The lowest BCUT2D eigenvalue weighted by molar-refractivity contribution is -0.138. The Morgan fingerprint density at radius 3 is 2.71 bits per heavy atom. The molecular weight excluding hydrogens is 465 g/mol. The first kappa shape index (κ1) is 22.5. The molecule has 1 N–H and O–H groups in total. The first-order valence-electron chi connectivity index (χ1n) is 10.9. The molecule has 34 heavy (non-hydrogen) atoms. The lowest BCUT2D eigenvalue weighted by Crippen LogP contribution is -2.16. The molecule has 1 aliphatic rings. The Kier molecular flexibility index (Phi) is 5.81. The first-order chi connectivity index (χ1) is 16.3. The maximum Gasteiger partial charge on any atom is 0.416 e. The average molecular weight is 487 g/mol. The second-order valence-corrected chi connectivity index (χ2v) is 9.44. The fourth-order valence-electron chi connectivity index (χ4n) is 4.34. The maximum atomic E-state index is 12.9. The van der Waals surface area contributed by atoms with Crippen molar-refractivity contribution in [1.29, 1.82) is 0 Å². The monoisotopic (exact) mass is 486 g/mol. The van der Waals surface area contributed by atoms with Crippen LogP contribution >= 0.6 is 11.3 Å². The number of benzene rings is 2. The number of carboxylic acids is 1. The predicted octanol–water partition coefficient (Wildman–Crippen LogP) is 6.37. The van der Waals surface area contributed by atoms with E-state index in [2.05, 4.69) is 0 Å². The van der Waals surface area contributed by atoms with Crippen molar-refractivity contribution >= 4 is 28.2 Å². The first-order valence-corrected chi connectivity index (χ1v) is 11.7. The molecule has 5 rings (SSSR count). The van der Waals surface area contributed by atoms with Gasteiger partial charge in [0.2, 0.25) is 0 Å². The summed E-state index contributed by atoms with van der Waals surface area (Å²) < 4.78 is 46.4. The lowest BCUT2D eigenvalue weighted by Gasteiger charge is -2.21. The third kappa shape index (κ3) is 4.52. The summed E-state index contributed by atoms with van der Waals surface area (Å²) >= 11 is 1.54. The van der Waals surface area contributed by atoms with Gasteiger partial charge in [-0.05, 0) is 55.7 Å². The highest BCUT2D eigenvalue weighted by atomic mass is 32.1. The SMILES string of the molecule is O=C(O)Cn1ccc2cc(OC[C@H]3CCCc4sc(-c5ccc(C(F)(F)F)cc5)nc43)ccc21. The molecule has 2 aromatic heterocycles. The van der Waals surface area contributed by atoms with Crippen LogP contribution in [0.5, 0.6) is 5.75 Å². The number of aryl methyl sites for hydroxylation is 1. The van der Waals surface area contributed by atoms with Crippen molar-refractivity contribution in [2.75, 3.05) is 6.61 Å². The van der Waals surface area contributed by atoms with Crippen LogP contribution in [-0.4, -0.2) is 27.2 Å². The number of aliphatic carboxylic acids is 1. The molecule has 4 aromatic rings. The highest BCUT2D eigenvalue weighted by molar-refractivity contribution is 7.15. The zero-order valence-electron chi connectivity index (χ0n) is 18.0. The van der Waals surface area contributed by atoms with Crippen LogP contribution in [0.15, 0.2) is 54.7 Å².